The highest BCUT2D eigenvalue weighted by Crippen LogP contribution is 2.53. The molecule has 47 heavy (non-hydrogen) atoms. The lowest BCUT2D eigenvalue weighted by atomic mass is 9.87. The quantitative estimate of drug-likeness (QED) is 0.213. The summed E-state index contributed by atoms with van der Waals surface area (Å²) in [5, 5.41) is 0. The molecule has 2 atom stereocenters. The summed E-state index contributed by atoms with van der Waals surface area (Å²) in [4.78, 5) is 4.80. The predicted octanol–water partition coefficient (Wildman–Crippen LogP) is 7.92. The fourth-order valence-electron chi connectivity index (χ4n) is 7.37. The van der Waals surface area contributed by atoms with Crippen molar-refractivity contribution < 1.29 is 28.4 Å². The molecule has 4 aromatic rings. The van der Waals surface area contributed by atoms with Crippen LogP contribution in [-0.4, -0.2) is 65.4 Å². The Morgan fingerprint density at radius 1 is 0.681 bits per heavy atom. The maximum absolute atomic E-state index is 7.08. The molecule has 0 aliphatic carbocycles. The van der Waals surface area contributed by atoms with Crippen LogP contribution in [0.2, 0.25) is 0 Å². The summed E-state index contributed by atoms with van der Waals surface area (Å²) < 4.78 is 38.2. The number of benzene rings is 4. The zero-order valence-electron chi connectivity index (χ0n) is 27.8. The molecule has 8 rings (SSSR count). The fraction of sp³-hybridized carbons (Fsp3) is 0.368. The Balaban J connectivity index is 1.49. The largest absolute Gasteiger partial charge is 0.493 e. The number of rotatable bonds is 4. The normalized spacial score (nSPS) is 19.0. The molecule has 0 amide bonds. The molecular formula is C38H41BrN2O6. The molecule has 4 aliphatic rings. The van der Waals surface area contributed by atoms with Crippen molar-refractivity contribution in [1.82, 2.24) is 9.80 Å². The van der Waals surface area contributed by atoms with Crippen LogP contribution in [0.15, 0.2) is 59.1 Å². The van der Waals surface area contributed by atoms with Gasteiger partial charge in [0.25, 0.3) is 0 Å². The summed E-state index contributed by atoms with van der Waals surface area (Å²) in [5.74, 6) is 5.29. The van der Waals surface area contributed by atoms with Gasteiger partial charge in [0, 0.05) is 30.7 Å². The Bertz CT molecular complexity index is 1810. The smallest absolute Gasteiger partial charge is 0.204 e. The Labute approximate surface area is 285 Å². The van der Waals surface area contributed by atoms with Gasteiger partial charge in [-0.1, -0.05) is 18.2 Å². The molecule has 6 bridgehead atoms. The number of nitrogens with zero attached hydrogens (tertiary/aromatic N) is 2. The van der Waals surface area contributed by atoms with Crippen molar-refractivity contribution in [2.45, 2.75) is 37.8 Å². The summed E-state index contributed by atoms with van der Waals surface area (Å²) in [6, 6.07) is 19.0. The van der Waals surface area contributed by atoms with Gasteiger partial charge in [-0.2, -0.15) is 0 Å². The first-order valence-corrected chi connectivity index (χ1v) is 16.8. The molecule has 0 fully saturated rings. The van der Waals surface area contributed by atoms with Crippen LogP contribution >= 0.6 is 15.9 Å². The monoisotopic (exact) mass is 700 g/mol. The van der Waals surface area contributed by atoms with E-state index in [2.05, 4.69) is 76.2 Å². The van der Waals surface area contributed by atoms with E-state index in [1.165, 1.54) is 22.3 Å². The first-order valence-electron chi connectivity index (χ1n) is 16.0. The molecule has 4 aliphatic heterocycles. The number of hydrogen-bond donors (Lipinski definition) is 0. The van der Waals surface area contributed by atoms with Crippen LogP contribution in [0.25, 0.3) is 0 Å². The lowest BCUT2D eigenvalue weighted by Crippen LogP contribution is -2.34. The molecule has 9 heteroatoms. The van der Waals surface area contributed by atoms with Gasteiger partial charge in [0.15, 0.2) is 34.5 Å². The van der Waals surface area contributed by atoms with E-state index in [0.717, 1.165) is 53.7 Å². The van der Waals surface area contributed by atoms with Gasteiger partial charge in [-0.05, 0) is 120 Å². The molecule has 0 unspecified atom stereocenters. The van der Waals surface area contributed by atoms with Gasteiger partial charge in [-0.15, -0.1) is 0 Å². The van der Waals surface area contributed by atoms with Crippen molar-refractivity contribution in [3.8, 4) is 46.0 Å². The first kappa shape index (κ1) is 31.7. The van der Waals surface area contributed by atoms with Crippen molar-refractivity contribution in [2.24, 2.45) is 0 Å². The highest BCUT2D eigenvalue weighted by atomic mass is 79.9. The maximum Gasteiger partial charge on any atom is 0.204 e. The van der Waals surface area contributed by atoms with E-state index in [4.69, 9.17) is 28.4 Å². The Morgan fingerprint density at radius 2 is 1.36 bits per heavy atom. The van der Waals surface area contributed by atoms with E-state index in [1.54, 1.807) is 28.4 Å². The Hall–Kier alpha value is -3.92. The topological polar surface area (TPSA) is 61.9 Å². The Kier molecular flexibility index (Phi) is 8.72. The third kappa shape index (κ3) is 5.68. The summed E-state index contributed by atoms with van der Waals surface area (Å²) in [5.41, 5.74) is 7.04. The van der Waals surface area contributed by atoms with Crippen LogP contribution in [-0.2, 0) is 25.7 Å². The van der Waals surface area contributed by atoms with Crippen LogP contribution in [0, 0.1) is 0 Å². The second-order valence-electron chi connectivity index (χ2n) is 12.5. The molecule has 0 saturated carbocycles. The van der Waals surface area contributed by atoms with E-state index in [9.17, 15) is 0 Å². The van der Waals surface area contributed by atoms with Gasteiger partial charge < -0.3 is 28.4 Å². The van der Waals surface area contributed by atoms with Gasteiger partial charge in [0.1, 0.15) is 5.75 Å². The minimum Gasteiger partial charge on any atom is -0.493 e. The Morgan fingerprint density at radius 3 is 2.09 bits per heavy atom. The maximum atomic E-state index is 7.08. The SMILES string of the molecule is COc1ccc2cc1Oc1ccc(cc1)C[C@H]1c3cc(c(OC)c(Br)c3CCN1C)Oc1c(OC)c(OC)cc3c1[C@H](C2)N(C)CC3. The second kappa shape index (κ2) is 12.9. The zero-order valence-corrected chi connectivity index (χ0v) is 29.4. The molecule has 0 saturated heterocycles. The minimum absolute atomic E-state index is 0.0149. The number of halogens is 1. The lowest BCUT2D eigenvalue weighted by Gasteiger charge is -2.38. The van der Waals surface area contributed by atoms with Crippen molar-refractivity contribution in [3.05, 3.63) is 92.5 Å². The lowest BCUT2D eigenvalue weighted by molar-refractivity contribution is 0.220. The van der Waals surface area contributed by atoms with Gasteiger partial charge in [-0.3, -0.25) is 9.80 Å². The van der Waals surface area contributed by atoms with Gasteiger partial charge in [0.05, 0.1) is 32.9 Å². The fourth-order valence-corrected chi connectivity index (χ4v) is 8.15. The molecule has 4 aromatic carbocycles. The predicted molar refractivity (Wildman–Crippen MR) is 185 cm³/mol. The number of fused-ring (bicyclic) bond motifs is 2. The van der Waals surface area contributed by atoms with Crippen LogP contribution < -0.4 is 28.4 Å². The van der Waals surface area contributed by atoms with Crippen molar-refractivity contribution in [2.75, 3.05) is 55.6 Å². The average molecular weight is 702 g/mol. The highest BCUT2D eigenvalue weighted by Gasteiger charge is 2.35. The zero-order chi connectivity index (χ0) is 32.8. The third-order valence-electron chi connectivity index (χ3n) is 9.93. The van der Waals surface area contributed by atoms with E-state index >= 15 is 0 Å². The molecule has 8 nitrogen and oxygen atoms in total. The van der Waals surface area contributed by atoms with Gasteiger partial charge in [-0.25, -0.2) is 0 Å². The number of ether oxygens (including phenoxy) is 6. The summed E-state index contributed by atoms with van der Waals surface area (Å²) in [6.45, 7) is 1.82. The van der Waals surface area contributed by atoms with Crippen LogP contribution in [0.3, 0.4) is 0 Å². The van der Waals surface area contributed by atoms with E-state index in [0.29, 0.717) is 46.7 Å². The van der Waals surface area contributed by atoms with Gasteiger partial charge >= 0.3 is 0 Å². The summed E-state index contributed by atoms with van der Waals surface area (Å²) in [6.07, 6.45) is 3.29. The van der Waals surface area contributed by atoms with Crippen molar-refractivity contribution in [1.29, 1.82) is 0 Å². The summed E-state index contributed by atoms with van der Waals surface area (Å²) in [7, 11) is 11.1. The molecule has 0 aromatic heterocycles. The van der Waals surface area contributed by atoms with Gasteiger partial charge in [0.2, 0.25) is 5.75 Å². The van der Waals surface area contributed by atoms with Crippen LogP contribution in [0.4, 0.5) is 0 Å². The third-order valence-corrected chi connectivity index (χ3v) is 10.8. The molecular weight excluding hydrogens is 660 g/mol. The molecule has 0 radical (unpaired) electrons. The average Bonchev–Trinajstić information content (AvgIpc) is 3.07. The standard InChI is InChI=1S/C38H41BrN2O6/c1-40-16-14-26-27-21-33(36(44-5)35(26)39)47-38-34-24(20-32(43-4)37(38)45-6)13-15-41(2)29(34)18-23-9-12-30(42-3)31(19-23)46-25-10-7-22(8-11-25)17-28(27)40/h7-12,19-21,28-29H,13-18H2,1-6H3/t28-,29-/m0/s1. The van der Waals surface area contributed by atoms with Crippen molar-refractivity contribution >= 4 is 15.9 Å². The summed E-state index contributed by atoms with van der Waals surface area (Å²) >= 11 is 3.94. The van der Waals surface area contributed by atoms with E-state index < -0.39 is 0 Å². The minimum atomic E-state index is -0.0149. The van der Waals surface area contributed by atoms with Crippen LogP contribution in [0.1, 0.15) is 45.5 Å². The molecule has 0 spiro atoms. The molecule has 4 heterocycles. The molecule has 0 N–H and O–H groups in total. The molecule has 246 valence electrons. The number of methoxy groups -OCH3 is 4. The van der Waals surface area contributed by atoms with E-state index in [1.807, 2.05) is 18.2 Å². The van der Waals surface area contributed by atoms with Crippen molar-refractivity contribution in [3.63, 3.8) is 0 Å². The van der Waals surface area contributed by atoms with E-state index in [-0.39, 0.29) is 12.1 Å². The first-order chi connectivity index (χ1) is 22.8. The van der Waals surface area contributed by atoms with Crippen LogP contribution in [0.5, 0.6) is 46.0 Å². The highest BCUT2D eigenvalue weighted by molar-refractivity contribution is 9.10. The second-order valence-corrected chi connectivity index (χ2v) is 13.3. The number of hydrogen-bond acceptors (Lipinski definition) is 8. The number of likely N-dealkylation sites (N-methyl/N-ethyl adjacent to an activating group) is 2.